The number of phenolic OH excluding ortho intramolecular Hbond substituents is 2. The summed E-state index contributed by atoms with van der Waals surface area (Å²) >= 11 is 1.53. The molecule has 3 aromatic rings. The lowest BCUT2D eigenvalue weighted by atomic mass is 10.0. The zero-order valence-corrected chi connectivity index (χ0v) is 25.5. The van der Waals surface area contributed by atoms with Gasteiger partial charge in [-0.05, 0) is 80.0 Å². The van der Waals surface area contributed by atoms with E-state index in [1.165, 1.54) is 40.4 Å². The third kappa shape index (κ3) is 9.68. The van der Waals surface area contributed by atoms with E-state index in [1.54, 1.807) is 7.05 Å². The van der Waals surface area contributed by atoms with E-state index in [1.807, 2.05) is 17.5 Å². The Morgan fingerprint density at radius 2 is 1.57 bits per heavy atom. The minimum Gasteiger partial charge on any atom is -0.507 e. The Labute approximate surface area is 243 Å². The van der Waals surface area contributed by atoms with Gasteiger partial charge in [0.1, 0.15) is 17.2 Å². The van der Waals surface area contributed by atoms with Crippen molar-refractivity contribution >= 4 is 23.0 Å². The summed E-state index contributed by atoms with van der Waals surface area (Å²) in [7, 11) is 1.61. The number of nitrogens with zero attached hydrogens (tertiary/aromatic N) is 2. The number of hydrogen-bond acceptors (Lipinski definition) is 7. The van der Waals surface area contributed by atoms with Crippen molar-refractivity contribution in [3.63, 3.8) is 0 Å². The Morgan fingerprint density at radius 3 is 2.15 bits per heavy atom. The molecular weight excluding hydrogens is 524 g/mol. The van der Waals surface area contributed by atoms with Gasteiger partial charge in [-0.2, -0.15) is 0 Å². The Balaban J connectivity index is 0.000000282. The number of amides is 1. The van der Waals surface area contributed by atoms with Crippen LogP contribution in [0.25, 0.3) is 0 Å². The molecule has 1 amide bonds. The number of benzene rings is 2. The van der Waals surface area contributed by atoms with Crippen LogP contribution in [0.15, 0.2) is 47.8 Å². The molecular formula is C32H44N2O5S. The SMILES string of the molecule is CC(=O)c1cc(C(=O)N(C)Cc2cccs2)c(O)cc1O.CCc1ccc(OCCCN(CC)CC)cc1CC. The largest absolute Gasteiger partial charge is 0.507 e. The second kappa shape index (κ2) is 16.7. The van der Waals surface area contributed by atoms with Crippen LogP contribution in [0.3, 0.4) is 0 Å². The van der Waals surface area contributed by atoms with Crippen molar-refractivity contribution in [1.29, 1.82) is 0 Å². The average Bonchev–Trinajstić information content (AvgIpc) is 3.46. The third-order valence-corrected chi connectivity index (χ3v) is 7.63. The van der Waals surface area contributed by atoms with E-state index in [-0.39, 0.29) is 28.4 Å². The number of aryl methyl sites for hydroxylation is 2. The summed E-state index contributed by atoms with van der Waals surface area (Å²) in [4.78, 5) is 28.7. The van der Waals surface area contributed by atoms with Crippen LogP contribution in [-0.2, 0) is 19.4 Å². The molecule has 0 fully saturated rings. The van der Waals surface area contributed by atoms with Crippen LogP contribution < -0.4 is 4.74 Å². The number of ketones is 1. The summed E-state index contributed by atoms with van der Waals surface area (Å²) in [6.07, 6.45) is 3.28. The van der Waals surface area contributed by atoms with Gasteiger partial charge < -0.3 is 24.7 Å². The molecule has 2 aromatic carbocycles. The lowest BCUT2D eigenvalue weighted by Gasteiger charge is -2.18. The molecule has 0 aliphatic rings. The van der Waals surface area contributed by atoms with Gasteiger partial charge in [-0.25, -0.2) is 0 Å². The van der Waals surface area contributed by atoms with Crippen molar-refractivity contribution in [2.24, 2.45) is 0 Å². The standard InChI is InChI=1S/C17H29NO.C15H15NO4S/c1-5-15-10-11-17(14-16(15)6-2)19-13-9-12-18(7-3)8-4;1-9(17)11-6-12(14(19)7-13(11)18)15(20)16(2)8-10-4-3-5-21-10/h10-11,14H,5-9,12-13H2,1-4H3;3-7,18-19H,8H2,1-2H3. The Morgan fingerprint density at radius 1 is 0.900 bits per heavy atom. The first-order chi connectivity index (χ1) is 19.1. The number of aromatic hydroxyl groups is 2. The van der Waals surface area contributed by atoms with Gasteiger partial charge in [0.05, 0.1) is 24.3 Å². The van der Waals surface area contributed by atoms with Crippen molar-refractivity contribution in [3.8, 4) is 17.2 Å². The van der Waals surface area contributed by atoms with Crippen LogP contribution in [0, 0.1) is 0 Å². The number of hydrogen-bond donors (Lipinski definition) is 2. The van der Waals surface area contributed by atoms with Crippen LogP contribution in [0.2, 0.25) is 0 Å². The van der Waals surface area contributed by atoms with Crippen LogP contribution in [-0.4, -0.2) is 65.0 Å². The smallest absolute Gasteiger partial charge is 0.257 e. The molecule has 1 heterocycles. The van der Waals surface area contributed by atoms with Crippen molar-refractivity contribution in [3.05, 3.63) is 75.0 Å². The van der Waals surface area contributed by atoms with E-state index in [0.29, 0.717) is 6.54 Å². The van der Waals surface area contributed by atoms with Crippen LogP contribution in [0.1, 0.15) is 77.8 Å². The Kier molecular flexibility index (Phi) is 13.7. The second-order valence-corrected chi connectivity index (χ2v) is 10.6. The monoisotopic (exact) mass is 568 g/mol. The molecule has 0 unspecified atom stereocenters. The maximum Gasteiger partial charge on any atom is 0.257 e. The fraction of sp³-hybridized carbons (Fsp3) is 0.438. The molecule has 0 radical (unpaired) electrons. The lowest BCUT2D eigenvalue weighted by Crippen LogP contribution is -2.26. The Hall–Kier alpha value is -3.36. The van der Waals surface area contributed by atoms with Gasteiger partial charge in [0.2, 0.25) is 0 Å². The first kappa shape index (κ1) is 32.8. The first-order valence-electron chi connectivity index (χ1n) is 14.0. The number of rotatable bonds is 13. The highest BCUT2D eigenvalue weighted by Crippen LogP contribution is 2.29. The summed E-state index contributed by atoms with van der Waals surface area (Å²) < 4.78 is 5.86. The van der Waals surface area contributed by atoms with Gasteiger partial charge in [0, 0.05) is 24.5 Å². The third-order valence-electron chi connectivity index (χ3n) is 6.76. The number of ether oxygens (including phenoxy) is 1. The van der Waals surface area contributed by atoms with E-state index in [2.05, 4.69) is 50.8 Å². The minimum absolute atomic E-state index is 0.00273. The molecule has 3 rings (SSSR count). The average molecular weight is 569 g/mol. The van der Waals surface area contributed by atoms with Crippen molar-refractivity contribution < 1.29 is 24.5 Å². The number of phenols is 2. The molecule has 2 N–H and O–H groups in total. The van der Waals surface area contributed by atoms with Gasteiger partial charge in [-0.1, -0.05) is 39.8 Å². The molecule has 7 nitrogen and oxygen atoms in total. The van der Waals surface area contributed by atoms with Gasteiger partial charge in [-0.15, -0.1) is 11.3 Å². The maximum absolute atomic E-state index is 12.4. The molecule has 0 saturated carbocycles. The zero-order valence-electron chi connectivity index (χ0n) is 24.7. The number of Topliss-reactive ketones (excluding diaryl/α,β-unsaturated/α-hetero) is 1. The molecule has 0 bridgehead atoms. The fourth-order valence-corrected chi connectivity index (χ4v) is 5.09. The highest BCUT2D eigenvalue weighted by atomic mass is 32.1. The molecule has 0 atom stereocenters. The molecule has 0 aliphatic carbocycles. The summed E-state index contributed by atoms with van der Waals surface area (Å²) in [6.45, 7) is 14.7. The minimum atomic E-state index is -0.414. The normalized spacial score (nSPS) is 10.7. The summed E-state index contributed by atoms with van der Waals surface area (Å²) in [5.74, 6) is -0.447. The van der Waals surface area contributed by atoms with Gasteiger partial charge in [-0.3, -0.25) is 9.59 Å². The molecule has 40 heavy (non-hydrogen) atoms. The summed E-state index contributed by atoms with van der Waals surface area (Å²) in [5, 5.41) is 21.4. The molecule has 0 saturated heterocycles. The van der Waals surface area contributed by atoms with Gasteiger partial charge in [0.25, 0.3) is 5.91 Å². The lowest BCUT2D eigenvalue weighted by molar-refractivity contribution is 0.0783. The van der Waals surface area contributed by atoms with Crippen LogP contribution in [0.5, 0.6) is 17.2 Å². The van der Waals surface area contributed by atoms with E-state index < -0.39 is 5.91 Å². The van der Waals surface area contributed by atoms with E-state index >= 15 is 0 Å². The predicted molar refractivity (Wildman–Crippen MR) is 163 cm³/mol. The highest BCUT2D eigenvalue weighted by molar-refractivity contribution is 7.09. The topological polar surface area (TPSA) is 90.3 Å². The van der Waals surface area contributed by atoms with E-state index in [9.17, 15) is 19.8 Å². The van der Waals surface area contributed by atoms with Gasteiger partial charge >= 0.3 is 0 Å². The van der Waals surface area contributed by atoms with Crippen molar-refractivity contribution in [2.45, 2.75) is 60.4 Å². The molecule has 0 spiro atoms. The number of carbonyl (C=O) groups is 2. The quantitative estimate of drug-likeness (QED) is 0.179. The molecule has 8 heteroatoms. The second-order valence-electron chi connectivity index (χ2n) is 9.55. The number of carbonyl (C=O) groups excluding carboxylic acids is 2. The Bertz CT molecular complexity index is 1220. The molecule has 218 valence electrons. The van der Waals surface area contributed by atoms with Crippen molar-refractivity contribution in [1.82, 2.24) is 9.80 Å². The van der Waals surface area contributed by atoms with E-state index in [0.717, 1.165) is 62.2 Å². The highest BCUT2D eigenvalue weighted by Gasteiger charge is 2.20. The summed E-state index contributed by atoms with van der Waals surface area (Å²) in [5.41, 5.74) is 2.87. The van der Waals surface area contributed by atoms with E-state index in [4.69, 9.17) is 4.74 Å². The van der Waals surface area contributed by atoms with Crippen LogP contribution >= 0.6 is 11.3 Å². The zero-order chi connectivity index (χ0) is 29.7. The maximum atomic E-state index is 12.4. The molecule has 0 aliphatic heterocycles. The number of thiophene rings is 1. The molecule has 1 aromatic heterocycles. The predicted octanol–water partition coefficient (Wildman–Crippen LogP) is 6.56. The van der Waals surface area contributed by atoms with Crippen LogP contribution in [0.4, 0.5) is 0 Å². The van der Waals surface area contributed by atoms with Crippen molar-refractivity contribution in [2.75, 3.05) is 33.3 Å². The fourth-order valence-electron chi connectivity index (χ4n) is 4.33. The summed E-state index contributed by atoms with van der Waals surface area (Å²) in [6, 6.07) is 12.6. The first-order valence-corrected chi connectivity index (χ1v) is 14.8. The van der Waals surface area contributed by atoms with Gasteiger partial charge in [0.15, 0.2) is 5.78 Å².